The monoisotopic (exact) mass is 429 g/mol. The Balaban J connectivity index is 1.48. The molecule has 5 rings (SSSR count). The Kier molecular flexibility index (Phi) is 5.31. The molecule has 32 heavy (non-hydrogen) atoms. The number of carbonyl (C=O) groups excluding carboxylic acids is 2. The average molecular weight is 430 g/mol. The van der Waals surface area contributed by atoms with Crippen molar-refractivity contribution in [2.45, 2.75) is 20.3 Å². The van der Waals surface area contributed by atoms with E-state index in [1.54, 1.807) is 0 Å². The maximum Gasteiger partial charge on any atom is 0.277 e. The van der Waals surface area contributed by atoms with Gasteiger partial charge in [-0.15, -0.1) is 0 Å². The number of rotatable bonds is 5. The molecule has 1 saturated heterocycles. The van der Waals surface area contributed by atoms with Crippen LogP contribution in [0.1, 0.15) is 22.3 Å². The fourth-order valence-corrected chi connectivity index (χ4v) is 4.75. The Morgan fingerprint density at radius 2 is 1.78 bits per heavy atom. The fourth-order valence-electron chi connectivity index (χ4n) is 4.75. The van der Waals surface area contributed by atoms with E-state index in [0.717, 1.165) is 33.2 Å². The lowest BCUT2D eigenvalue weighted by atomic mass is 9.97. The highest BCUT2D eigenvalue weighted by Crippen LogP contribution is 2.34. The van der Waals surface area contributed by atoms with Gasteiger partial charge in [-0.05, 0) is 43.0 Å². The molecule has 2 amide bonds. The topological polar surface area (TPSA) is 65.6 Å². The van der Waals surface area contributed by atoms with Gasteiger partial charge in [0.15, 0.2) is 0 Å². The Bertz CT molecular complexity index is 1230. The summed E-state index contributed by atoms with van der Waals surface area (Å²) in [6, 6.07) is 14.1. The summed E-state index contributed by atoms with van der Waals surface area (Å²) in [6.07, 6.45) is 2.58. The lowest BCUT2D eigenvalue weighted by molar-refractivity contribution is -0.137. The number of aromatic nitrogens is 1. The molecule has 3 aromatic rings. The van der Waals surface area contributed by atoms with Crippen LogP contribution < -0.4 is 0 Å². The Labute approximate surface area is 187 Å². The number of hydrogen-bond acceptors (Lipinski definition) is 4. The molecule has 2 aliphatic rings. The molecule has 0 spiro atoms. The molecular formula is C26H27N3O3. The van der Waals surface area contributed by atoms with Gasteiger partial charge in [0.1, 0.15) is 5.70 Å². The first-order chi connectivity index (χ1) is 15.5. The zero-order valence-corrected chi connectivity index (χ0v) is 18.5. The van der Waals surface area contributed by atoms with Crippen molar-refractivity contribution in [3.8, 4) is 0 Å². The van der Waals surface area contributed by atoms with Gasteiger partial charge in [0.25, 0.3) is 11.8 Å². The fraction of sp³-hybridized carbons (Fsp3) is 0.308. The molecule has 0 bridgehead atoms. The van der Waals surface area contributed by atoms with Crippen molar-refractivity contribution >= 4 is 28.3 Å². The van der Waals surface area contributed by atoms with Crippen molar-refractivity contribution in [3.05, 3.63) is 76.6 Å². The molecule has 1 fully saturated rings. The van der Waals surface area contributed by atoms with Crippen LogP contribution in [0.25, 0.3) is 16.5 Å². The number of aromatic amines is 1. The predicted octanol–water partition coefficient (Wildman–Crippen LogP) is 3.44. The smallest absolute Gasteiger partial charge is 0.277 e. The maximum atomic E-state index is 13.6. The Hall–Kier alpha value is -3.38. The number of nitrogens with zero attached hydrogens (tertiary/aromatic N) is 2. The van der Waals surface area contributed by atoms with E-state index in [9.17, 15) is 9.59 Å². The average Bonchev–Trinajstić information content (AvgIpc) is 3.31. The van der Waals surface area contributed by atoms with E-state index >= 15 is 0 Å². The van der Waals surface area contributed by atoms with E-state index in [2.05, 4.69) is 17.1 Å². The van der Waals surface area contributed by atoms with Crippen molar-refractivity contribution < 1.29 is 14.3 Å². The van der Waals surface area contributed by atoms with E-state index in [0.29, 0.717) is 50.5 Å². The number of morpholine rings is 1. The van der Waals surface area contributed by atoms with Crippen LogP contribution in [-0.2, 0) is 20.7 Å². The van der Waals surface area contributed by atoms with Gasteiger partial charge in [-0.2, -0.15) is 0 Å². The molecule has 2 aliphatic heterocycles. The third kappa shape index (κ3) is 3.50. The number of amides is 2. The van der Waals surface area contributed by atoms with Gasteiger partial charge in [-0.3, -0.25) is 14.5 Å². The summed E-state index contributed by atoms with van der Waals surface area (Å²) in [6.45, 7) is 6.71. The van der Waals surface area contributed by atoms with Crippen LogP contribution in [-0.4, -0.2) is 59.4 Å². The number of para-hydroxylation sites is 1. The summed E-state index contributed by atoms with van der Waals surface area (Å²) in [5.41, 5.74) is 6.18. The molecule has 2 aromatic carbocycles. The minimum absolute atomic E-state index is 0.202. The molecular weight excluding hydrogens is 402 g/mol. The first kappa shape index (κ1) is 20.5. The minimum Gasteiger partial charge on any atom is -0.378 e. The van der Waals surface area contributed by atoms with Gasteiger partial charge >= 0.3 is 0 Å². The van der Waals surface area contributed by atoms with E-state index in [-0.39, 0.29) is 11.8 Å². The molecule has 0 unspecified atom stereocenters. The van der Waals surface area contributed by atoms with Crippen LogP contribution in [0.15, 0.2) is 54.4 Å². The van der Waals surface area contributed by atoms with E-state index < -0.39 is 0 Å². The highest BCUT2D eigenvalue weighted by molar-refractivity contribution is 6.35. The van der Waals surface area contributed by atoms with Crippen LogP contribution in [0.3, 0.4) is 0 Å². The second-order valence-corrected chi connectivity index (χ2v) is 8.51. The number of nitrogens with one attached hydrogen (secondary N) is 1. The molecule has 1 N–H and O–H groups in total. The van der Waals surface area contributed by atoms with Crippen molar-refractivity contribution in [2.24, 2.45) is 0 Å². The molecule has 0 saturated carbocycles. The van der Waals surface area contributed by atoms with Gasteiger partial charge in [-0.1, -0.05) is 42.0 Å². The standard InChI is InChI=1S/C26H27N3O3/c1-17-7-8-20(18(2)15-17)23-24(28-11-13-32-14-12-28)26(31)29(25(23)30)10-9-19-16-27-22-6-4-3-5-21(19)22/h3-8,15-16,27H,9-14H2,1-2H3. The van der Waals surface area contributed by atoms with Crippen molar-refractivity contribution in [3.63, 3.8) is 0 Å². The SMILES string of the molecule is Cc1ccc(C2=C(N3CCOCC3)C(=O)N(CCc3c[nH]c4ccccc34)C2=O)c(C)c1. The van der Waals surface area contributed by atoms with Crippen LogP contribution in [0.4, 0.5) is 0 Å². The zero-order chi connectivity index (χ0) is 22.2. The largest absolute Gasteiger partial charge is 0.378 e. The lowest BCUT2D eigenvalue weighted by Crippen LogP contribution is -2.40. The second kappa shape index (κ2) is 8.28. The summed E-state index contributed by atoms with van der Waals surface area (Å²) >= 11 is 0. The third-order valence-electron chi connectivity index (χ3n) is 6.40. The lowest BCUT2D eigenvalue weighted by Gasteiger charge is -2.29. The molecule has 6 heteroatoms. The van der Waals surface area contributed by atoms with Crippen molar-refractivity contribution in [2.75, 3.05) is 32.8 Å². The van der Waals surface area contributed by atoms with E-state index in [4.69, 9.17) is 4.74 Å². The number of ether oxygens (including phenoxy) is 1. The quantitative estimate of drug-likeness (QED) is 0.631. The highest BCUT2D eigenvalue weighted by atomic mass is 16.5. The molecule has 164 valence electrons. The molecule has 3 heterocycles. The molecule has 0 radical (unpaired) electrons. The normalized spacial score (nSPS) is 17.2. The van der Waals surface area contributed by atoms with Gasteiger partial charge in [0.2, 0.25) is 0 Å². The highest BCUT2D eigenvalue weighted by Gasteiger charge is 2.42. The van der Waals surface area contributed by atoms with Gasteiger partial charge < -0.3 is 14.6 Å². The number of benzene rings is 2. The minimum atomic E-state index is -0.205. The summed E-state index contributed by atoms with van der Waals surface area (Å²) in [5, 5.41) is 1.13. The number of imide groups is 1. The second-order valence-electron chi connectivity index (χ2n) is 8.51. The van der Waals surface area contributed by atoms with E-state index in [1.807, 2.05) is 55.3 Å². The number of H-pyrrole nitrogens is 1. The number of hydrogen-bond donors (Lipinski definition) is 1. The van der Waals surface area contributed by atoms with Crippen LogP contribution in [0.5, 0.6) is 0 Å². The molecule has 6 nitrogen and oxygen atoms in total. The van der Waals surface area contributed by atoms with Crippen LogP contribution in [0, 0.1) is 13.8 Å². The van der Waals surface area contributed by atoms with Crippen molar-refractivity contribution in [1.29, 1.82) is 0 Å². The predicted molar refractivity (Wildman–Crippen MR) is 124 cm³/mol. The van der Waals surface area contributed by atoms with Crippen LogP contribution >= 0.6 is 0 Å². The zero-order valence-electron chi connectivity index (χ0n) is 18.5. The summed E-state index contributed by atoms with van der Waals surface area (Å²) in [7, 11) is 0. The summed E-state index contributed by atoms with van der Waals surface area (Å²) in [4.78, 5) is 33.9. The number of fused-ring (bicyclic) bond motifs is 1. The Morgan fingerprint density at radius 1 is 1.00 bits per heavy atom. The van der Waals surface area contributed by atoms with E-state index in [1.165, 1.54) is 4.90 Å². The maximum absolute atomic E-state index is 13.6. The molecule has 0 atom stereocenters. The Morgan fingerprint density at radius 3 is 2.56 bits per heavy atom. The summed E-state index contributed by atoms with van der Waals surface area (Å²) < 4.78 is 5.49. The first-order valence-corrected chi connectivity index (χ1v) is 11.1. The molecule has 1 aromatic heterocycles. The third-order valence-corrected chi connectivity index (χ3v) is 6.40. The number of carbonyl (C=O) groups is 2. The van der Waals surface area contributed by atoms with Crippen LogP contribution in [0.2, 0.25) is 0 Å². The first-order valence-electron chi connectivity index (χ1n) is 11.1. The van der Waals surface area contributed by atoms with Gasteiger partial charge in [0, 0.05) is 36.7 Å². The van der Waals surface area contributed by atoms with Crippen molar-refractivity contribution in [1.82, 2.24) is 14.8 Å². The van der Waals surface area contributed by atoms with Gasteiger partial charge in [-0.25, -0.2) is 0 Å². The number of aryl methyl sites for hydroxylation is 2. The summed E-state index contributed by atoms with van der Waals surface area (Å²) in [5.74, 6) is -0.407. The van der Waals surface area contributed by atoms with Gasteiger partial charge in [0.05, 0.1) is 18.8 Å². The molecule has 0 aliphatic carbocycles.